The number of halogens is 4. The molecule has 1 aromatic carbocycles. The van der Waals surface area contributed by atoms with E-state index in [0.29, 0.717) is 17.0 Å². The van der Waals surface area contributed by atoms with Gasteiger partial charge in [-0.1, -0.05) is 30.7 Å². The van der Waals surface area contributed by atoms with Gasteiger partial charge in [-0.15, -0.1) is 11.3 Å². The molecule has 3 nitrogen and oxygen atoms in total. The molecule has 0 aliphatic heterocycles. The molecule has 0 radical (unpaired) electrons. The molecular formula is C14H13ClF3N3S. The lowest BCUT2D eigenvalue weighted by atomic mass is 10.1. The second-order valence-electron chi connectivity index (χ2n) is 4.47. The largest absolute Gasteiger partial charge is 0.425 e. The first-order valence-corrected chi connectivity index (χ1v) is 7.57. The molecule has 0 fully saturated rings. The van der Waals surface area contributed by atoms with Crippen molar-refractivity contribution in [3.63, 3.8) is 0 Å². The van der Waals surface area contributed by atoms with Gasteiger partial charge in [-0.2, -0.15) is 13.2 Å². The second kappa shape index (κ2) is 6.58. The van der Waals surface area contributed by atoms with Crippen molar-refractivity contribution in [3.05, 3.63) is 45.1 Å². The monoisotopic (exact) mass is 347 g/mol. The van der Waals surface area contributed by atoms with E-state index in [9.17, 15) is 13.2 Å². The van der Waals surface area contributed by atoms with Gasteiger partial charge in [-0.05, 0) is 30.2 Å². The Kier molecular flexibility index (Phi) is 4.97. The van der Waals surface area contributed by atoms with Crippen LogP contribution in [0.1, 0.15) is 17.4 Å². The molecule has 0 atom stereocenters. The number of benzene rings is 1. The normalized spacial score (nSPS) is 11.3. The number of hydrogen-bond acceptors (Lipinski definition) is 2. The Labute approximate surface area is 134 Å². The number of guanidine groups is 1. The minimum atomic E-state index is -4.45. The van der Waals surface area contributed by atoms with Gasteiger partial charge in [0.25, 0.3) is 0 Å². The first kappa shape index (κ1) is 16.6. The van der Waals surface area contributed by atoms with Crippen LogP contribution in [-0.2, 0) is 12.6 Å². The number of nitrogens with one attached hydrogen (secondary N) is 3. The quantitative estimate of drug-likeness (QED) is 0.511. The highest BCUT2D eigenvalue weighted by Crippen LogP contribution is 2.41. The molecule has 0 saturated carbocycles. The molecule has 3 N–H and O–H groups in total. The van der Waals surface area contributed by atoms with E-state index >= 15 is 0 Å². The van der Waals surface area contributed by atoms with Gasteiger partial charge < -0.3 is 10.6 Å². The molecule has 118 valence electrons. The van der Waals surface area contributed by atoms with Crippen molar-refractivity contribution in [2.24, 2.45) is 0 Å². The van der Waals surface area contributed by atoms with Gasteiger partial charge in [-0.25, -0.2) is 0 Å². The molecule has 1 heterocycles. The van der Waals surface area contributed by atoms with Crippen molar-refractivity contribution < 1.29 is 13.2 Å². The predicted octanol–water partition coefficient (Wildman–Crippen LogP) is 5.44. The lowest BCUT2D eigenvalue weighted by molar-refractivity contribution is -0.134. The summed E-state index contributed by atoms with van der Waals surface area (Å²) in [6.07, 6.45) is -3.60. The number of anilines is 2. The molecule has 0 amide bonds. The Balaban J connectivity index is 2.07. The third kappa shape index (κ3) is 4.14. The van der Waals surface area contributed by atoms with E-state index in [1.54, 1.807) is 6.07 Å². The minimum Gasteiger partial charge on any atom is -0.326 e. The van der Waals surface area contributed by atoms with E-state index in [2.05, 4.69) is 10.6 Å². The molecule has 2 rings (SSSR count). The van der Waals surface area contributed by atoms with Crippen molar-refractivity contribution in [1.29, 1.82) is 5.41 Å². The van der Waals surface area contributed by atoms with Crippen LogP contribution in [0.5, 0.6) is 0 Å². The van der Waals surface area contributed by atoms with Crippen LogP contribution in [0.2, 0.25) is 4.34 Å². The van der Waals surface area contributed by atoms with Gasteiger partial charge in [0.1, 0.15) is 9.21 Å². The van der Waals surface area contributed by atoms with Gasteiger partial charge in [0, 0.05) is 5.69 Å². The molecule has 2 aromatic rings. The number of hydrogen-bond donors (Lipinski definition) is 3. The van der Waals surface area contributed by atoms with E-state index in [1.807, 2.05) is 25.1 Å². The van der Waals surface area contributed by atoms with Gasteiger partial charge in [-0.3, -0.25) is 5.41 Å². The summed E-state index contributed by atoms with van der Waals surface area (Å²) in [5.74, 6) is -0.151. The number of aryl methyl sites for hydroxylation is 1. The molecule has 0 aliphatic carbocycles. The Morgan fingerprint density at radius 1 is 1.27 bits per heavy atom. The molecule has 0 saturated heterocycles. The third-order valence-electron chi connectivity index (χ3n) is 2.83. The van der Waals surface area contributed by atoms with Crippen LogP contribution in [-0.4, -0.2) is 5.96 Å². The maximum absolute atomic E-state index is 12.6. The molecule has 8 heteroatoms. The van der Waals surface area contributed by atoms with E-state index in [4.69, 9.17) is 17.0 Å². The fourth-order valence-electron chi connectivity index (χ4n) is 1.77. The molecule has 22 heavy (non-hydrogen) atoms. The van der Waals surface area contributed by atoms with Crippen LogP contribution in [0.25, 0.3) is 0 Å². The van der Waals surface area contributed by atoms with Crippen LogP contribution >= 0.6 is 22.9 Å². The maximum atomic E-state index is 12.6. The van der Waals surface area contributed by atoms with Crippen LogP contribution in [0.3, 0.4) is 0 Å². The van der Waals surface area contributed by atoms with Crippen molar-refractivity contribution >= 4 is 40.3 Å². The van der Waals surface area contributed by atoms with Gasteiger partial charge in [0.05, 0.1) is 5.69 Å². The summed E-state index contributed by atoms with van der Waals surface area (Å²) in [5, 5.41) is 13.1. The van der Waals surface area contributed by atoms with Crippen molar-refractivity contribution in [1.82, 2.24) is 0 Å². The minimum absolute atomic E-state index is 0.0406. The molecule has 0 bridgehead atoms. The number of thiophene rings is 1. The van der Waals surface area contributed by atoms with Crippen molar-refractivity contribution in [3.8, 4) is 0 Å². The average Bonchev–Trinajstić information content (AvgIpc) is 2.80. The third-order valence-corrected chi connectivity index (χ3v) is 4.23. The molecule has 0 aliphatic rings. The van der Waals surface area contributed by atoms with Gasteiger partial charge in [0.15, 0.2) is 5.96 Å². The Morgan fingerprint density at radius 3 is 2.59 bits per heavy atom. The zero-order chi connectivity index (χ0) is 16.3. The van der Waals surface area contributed by atoms with Crippen LogP contribution in [0.15, 0.2) is 30.3 Å². The predicted molar refractivity (Wildman–Crippen MR) is 85.1 cm³/mol. The highest BCUT2D eigenvalue weighted by molar-refractivity contribution is 7.17. The lowest BCUT2D eigenvalue weighted by Gasteiger charge is -2.10. The number of alkyl halides is 3. The van der Waals surface area contributed by atoms with E-state index in [1.165, 1.54) is 0 Å². The SMILES string of the molecule is CCc1cccc(NC(=N)Nc2cc(C(F)(F)F)sc2Cl)c1. The Bertz CT molecular complexity index is 682. The van der Waals surface area contributed by atoms with Crippen molar-refractivity contribution in [2.45, 2.75) is 19.5 Å². The Morgan fingerprint density at radius 2 is 2.00 bits per heavy atom. The highest BCUT2D eigenvalue weighted by Gasteiger charge is 2.33. The summed E-state index contributed by atoms with van der Waals surface area (Å²) in [6.45, 7) is 2.01. The first-order chi connectivity index (χ1) is 10.3. The summed E-state index contributed by atoms with van der Waals surface area (Å²) in [5.41, 5.74) is 1.83. The fourth-order valence-corrected chi connectivity index (χ4v) is 2.83. The lowest BCUT2D eigenvalue weighted by Crippen LogP contribution is -2.20. The molecular weight excluding hydrogens is 335 g/mol. The average molecular weight is 348 g/mol. The summed E-state index contributed by atoms with van der Waals surface area (Å²) >= 11 is 6.21. The fraction of sp³-hybridized carbons (Fsp3) is 0.214. The summed E-state index contributed by atoms with van der Waals surface area (Å²) in [4.78, 5) is -0.805. The van der Waals surface area contributed by atoms with E-state index in [-0.39, 0.29) is 16.0 Å². The molecule has 0 unspecified atom stereocenters. The summed E-state index contributed by atoms with van der Waals surface area (Å²) in [7, 11) is 0. The van der Waals surface area contributed by atoms with E-state index in [0.717, 1.165) is 18.1 Å². The maximum Gasteiger partial charge on any atom is 0.425 e. The highest BCUT2D eigenvalue weighted by atomic mass is 35.5. The zero-order valence-electron chi connectivity index (χ0n) is 11.5. The van der Waals surface area contributed by atoms with Gasteiger partial charge in [0.2, 0.25) is 0 Å². The summed E-state index contributed by atoms with van der Waals surface area (Å²) in [6, 6.07) is 8.32. The molecule has 0 spiro atoms. The standard InChI is InChI=1S/C14H13ClF3N3S/c1-2-8-4-3-5-9(6-8)20-13(19)21-10-7-11(14(16,17)18)22-12(10)15/h3-7H,2H2,1H3,(H3,19,20,21). The topological polar surface area (TPSA) is 47.9 Å². The van der Waals surface area contributed by atoms with Gasteiger partial charge >= 0.3 is 6.18 Å². The zero-order valence-corrected chi connectivity index (χ0v) is 13.1. The first-order valence-electron chi connectivity index (χ1n) is 6.37. The van der Waals surface area contributed by atoms with Crippen LogP contribution in [0, 0.1) is 5.41 Å². The second-order valence-corrected chi connectivity index (χ2v) is 6.13. The molecule has 1 aromatic heterocycles. The van der Waals surface area contributed by atoms with Crippen molar-refractivity contribution in [2.75, 3.05) is 10.6 Å². The number of rotatable bonds is 3. The summed E-state index contributed by atoms with van der Waals surface area (Å²) < 4.78 is 37.8. The van der Waals surface area contributed by atoms with Crippen LogP contribution < -0.4 is 10.6 Å². The Hall–Kier alpha value is -1.73. The van der Waals surface area contributed by atoms with Crippen LogP contribution in [0.4, 0.5) is 24.5 Å². The van der Waals surface area contributed by atoms with E-state index < -0.39 is 11.1 Å². The smallest absolute Gasteiger partial charge is 0.326 e.